The Morgan fingerprint density at radius 3 is 2.73 bits per heavy atom. The first-order chi connectivity index (χ1) is 7.36. The van der Waals surface area contributed by atoms with E-state index in [4.69, 9.17) is 10.5 Å². The van der Waals surface area contributed by atoms with E-state index in [9.17, 15) is 0 Å². The predicted octanol–water partition coefficient (Wildman–Crippen LogP) is 2.26. The van der Waals surface area contributed by atoms with E-state index in [1.807, 2.05) is 36.4 Å². The summed E-state index contributed by atoms with van der Waals surface area (Å²) < 4.78 is 5.67. The Morgan fingerprint density at radius 2 is 2.13 bits per heavy atom. The number of hydrogen-bond donors (Lipinski definition) is 1. The van der Waals surface area contributed by atoms with Crippen LogP contribution >= 0.6 is 0 Å². The lowest BCUT2D eigenvalue weighted by molar-refractivity contribution is 0.0682. The molecular formula is C13H17NO. The Bertz CT molecular complexity index is 315. The molecule has 1 rings (SSSR count). The second-order valence-corrected chi connectivity index (χ2v) is 3.28. The molecule has 1 aromatic rings. The first-order valence-corrected chi connectivity index (χ1v) is 5.08. The average molecular weight is 203 g/mol. The molecule has 2 nitrogen and oxygen atoms in total. The van der Waals surface area contributed by atoms with Crippen molar-refractivity contribution in [2.75, 3.05) is 6.54 Å². The molecule has 0 fully saturated rings. The van der Waals surface area contributed by atoms with Crippen LogP contribution in [-0.4, -0.2) is 12.6 Å². The molecule has 0 aliphatic heterocycles. The highest BCUT2D eigenvalue weighted by Crippen LogP contribution is 2.06. The number of hydrogen-bond acceptors (Lipinski definition) is 2. The lowest BCUT2D eigenvalue weighted by Gasteiger charge is -2.12. The summed E-state index contributed by atoms with van der Waals surface area (Å²) in [6, 6.07) is 10.1. The topological polar surface area (TPSA) is 35.2 Å². The van der Waals surface area contributed by atoms with Crippen molar-refractivity contribution in [1.82, 2.24) is 0 Å². The first-order valence-electron chi connectivity index (χ1n) is 5.08. The van der Waals surface area contributed by atoms with Gasteiger partial charge in [0.2, 0.25) is 0 Å². The van der Waals surface area contributed by atoms with Gasteiger partial charge in [0.1, 0.15) is 0 Å². The molecule has 1 aromatic carbocycles. The Balaban J connectivity index is 2.43. The van der Waals surface area contributed by atoms with Crippen LogP contribution < -0.4 is 5.73 Å². The van der Waals surface area contributed by atoms with Crippen LogP contribution in [0.4, 0.5) is 0 Å². The molecule has 1 unspecified atom stereocenters. The highest BCUT2D eigenvalue weighted by Gasteiger charge is 2.03. The lowest BCUT2D eigenvalue weighted by atomic mass is 10.2. The van der Waals surface area contributed by atoms with Crippen LogP contribution in [-0.2, 0) is 11.3 Å². The van der Waals surface area contributed by atoms with E-state index in [2.05, 4.69) is 12.3 Å². The van der Waals surface area contributed by atoms with Crippen molar-refractivity contribution in [3.05, 3.63) is 54.3 Å². The van der Waals surface area contributed by atoms with Crippen LogP contribution in [0.2, 0.25) is 0 Å². The molecule has 0 aliphatic carbocycles. The lowest BCUT2D eigenvalue weighted by Crippen LogP contribution is -2.15. The molecule has 0 aliphatic rings. The van der Waals surface area contributed by atoms with Crippen LogP contribution in [0, 0.1) is 0 Å². The minimum absolute atomic E-state index is 0.0210. The van der Waals surface area contributed by atoms with Crippen LogP contribution in [0.3, 0.4) is 0 Å². The van der Waals surface area contributed by atoms with E-state index in [0.717, 1.165) is 12.0 Å². The smallest absolute Gasteiger partial charge is 0.0845 e. The van der Waals surface area contributed by atoms with Gasteiger partial charge >= 0.3 is 0 Å². The molecule has 2 N–H and O–H groups in total. The second kappa shape index (κ2) is 7.02. The van der Waals surface area contributed by atoms with Gasteiger partial charge in [-0.3, -0.25) is 0 Å². The summed E-state index contributed by atoms with van der Waals surface area (Å²) in [4.78, 5) is 0. The Labute approximate surface area is 91.1 Å². The molecule has 0 bridgehead atoms. The fraction of sp³-hybridized carbons (Fsp3) is 0.308. The molecule has 1 atom stereocenters. The number of rotatable bonds is 6. The van der Waals surface area contributed by atoms with Gasteiger partial charge in [0.25, 0.3) is 0 Å². The van der Waals surface area contributed by atoms with E-state index in [1.165, 1.54) is 0 Å². The summed E-state index contributed by atoms with van der Waals surface area (Å²) >= 11 is 0. The highest BCUT2D eigenvalue weighted by molar-refractivity contribution is 5.13. The minimum atomic E-state index is 0.0210. The van der Waals surface area contributed by atoms with Gasteiger partial charge in [-0.25, -0.2) is 0 Å². The van der Waals surface area contributed by atoms with Crippen molar-refractivity contribution in [2.45, 2.75) is 19.1 Å². The number of benzene rings is 1. The standard InChI is InChI=1S/C13H17NO/c1-2-6-13(9-10-14)15-11-12-7-4-3-5-8-12/h3-8,13H,1,9-11,14H2. The van der Waals surface area contributed by atoms with Gasteiger partial charge in [0.05, 0.1) is 12.7 Å². The van der Waals surface area contributed by atoms with Gasteiger partial charge in [-0.05, 0) is 24.6 Å². The van der Waals surface area contributed by atoms with Gasteiger partial charge in [-0.1, -0.05) is 36.9 Å². The van der Waals surface area contributed by atoms with Gasteiger partial charge in [-0.15, -0.1) is 5.73 Å². The third-order valence-electron chi connectivity index (χ3n) is 2.06. The number of nitrogens with two attached hydrogens (primary N) is 1. The zero-order chi connectivity index (χ0) is 10.9. The molecule has 15 heavy (non-hydrogen) atoms. The zero-order valence-electron chi connectivity index (χ0n) is 8.86. The zero-order valence-corrected chi connectivity index (χ0v) is 8.86. The van der Waals surface area contributed by atoms with E-state index in [1.54, 1.807) is 0 Å². The molecule has 0 amide bonds. The maximum Gasteiger partial charge on any atom is 0.0845 e. The third-order valence-corrected chi connectivity index (χ3v) is 2.06. The van der Waals surface area contributed by atoms with Crippen molar-refractivity contribution < 1.29 is 4.74 Å². The molecule has 0 heterocycles. The summed E-state index contributed by atoms with van der Waals surface area (Å²) in [7, 11) is 0. The molecule has 0 saturated heterocycles. The van der Waals surface area contributed by atoms with Gasteiger partial charge in [0, 0.05) is 0 Å². The summed E-state index contributed by atoms with van der Waals surface area (Å²) in [5, 5.41) is 0. The van der Waals surface area contributed by atoms with E-state index in [0.29, 0.717) is 13.2 Å². The Hall–Kier alpha value is -1.34. The SMILES string of the molecule is C=C=CC(CCN)OCc1ccccc1. The summed E-state index contributed by atoms with van der Waals surface area (Å²) in [5.41, 5.74) is 9.38. The molecule has 0 spiro atoms. The minimum Gasteiger partial charge on any atom is -0.369 e. The Morgan fingerprint density at radius 1 is 1.40 bits per heavy atom. The largest absolute Gasteiger partial charge is 0.369 e. The van der Waals surface area contributed by atoms with Crippen molar-refractivity contribution in [2.24, 2.45) is 5.73 Å². The van der Waals surface area contributed by atoms with E-state index in [-0.39, 0.29) is 6.10 Å². The molecule has 0 radical (unpaired) electrons. The summed E-state index contributed by atoms with van der Waals surface area (Å²) in [6.07, 6.45) is 2.64. The predicted molar refractivity (Wildman–Crippen MR) is 62.4 cm³/mol. The fourth-order valence-electron chi connectivity index (χ4n) is 1.29. The molecule has 0 saturated carbocycles. The van der Waals surface area contributed by atoms with Crippen LogP contribution in [0.1, 0.15) is 12.0 Å². The van der Waals surface area contributed by atoms with Gasteiger partial charge < -0.3 is 10.5 Å². The third kappa shape index (κ3) is 4.61. The van der Waals surface area contributed by atoms with Crippen LogP contribution in [0.5, 0.6) is 0 Å². The average Bonchev–Trinajstić information content (AvgIpc) is 2.28. The van der Waals surface area contributed by atoms with Crippen molar-refractivity contribution >= 4 is 0 Å². The van der Waals surface area contributed by atoms with Gasteiger partial charge in [-0.2, -0.15) is 0 Å². The Kier molecular flexibility index (Phi) is 5.49. The van der Waals surface area contributed by atoms with E-state index < -0.39 is 0 Å². The first kappa shape index (κ1) is 11.7. The van der Waals surface area contributed by atoms with E-state index >= 15 is 0 Å². The maximum absolute atomic E-state index is 5.67. The second-order valence-electron chi connectivity index (χ2n) is 3.28. The monoisotopic (exact) mass is 203 g/mol. The summed E-state index contributed by atoms with van der Waals surface area (Å²) in [5.74, 6) is 0. The number of ether oxygens (including phenoxy) is 1. The highest BCUT2D eigenvalue weighted by atomic mass is 16.5. The molecular weight excluding hydrogens is 186 g/mol. The fourth-order valence-corrected chi connectivity index (χ4v) is 1.29. The van der Waals surface area contributed by atoms with Crippen LogP contribution in [0.15, 0.2) is 48.7 Å². The van der Waals surface area contributed by atoms with Crippen molar-refractivity contribution in [3.63, 3.8) is 0 Å². The normalized spacial score (nSPS) is 11.8. The maximum atomic E-state index is 5.67. The molecule has 0 aromatic heterocycles. The molecule has 2 heteroatoms. The van der Waals surface area contributed by atoms with Gasteiger partial charge in [0.15, 0.2) is 0 Å². The van der Waals surface area contributed by atoms with Crippen LogP contribution in [0.25, 0.3) is 0 Å². The van der Waals surface area contributed by atoms with Crippen molar-refractivity contribution in [3.8, 4) is 0 Å². The summed E-state index contributed by atoms with van der Waals surface area (Å²) in [6.45, 7) is 4.75. The van der Waals surface area contributed by atoms with Crippen molar-refractivity contribution in [1.29, 1.82) is 0 Å². The molecule has 80 valence electrons. The quantitative estimate of drug-likeness (QED) is 0.720.